The van der Waals surface area contributed by atoms with Crippen molar-refractivity contribution in [2.75, 3.05) is 0 Å². The van der Waals surface area contributed by atoms with E-state index in [0.29, 0.717) is 18.4 Å². The molecule has 0 bridgehead atoms. The zero-order valence-corrected chi connectivity index (χ0v) is 9.71. The number of Topliss-reactive ketones (excluding diaryl/α,β-unsaturated/α-hetero) is 1. The van der Waals surface area contributed by atoms with Crippen LogP contribution in [0.15, 0.2) is 46.5 Å². The number of nitrogens with zero attached hydrogens (tertiary/aromatic N) is 2. The first-order valence-corrected chi connectivity index (χ1v) is 5.89. The van der Waals surface area contributed by atoms with Gasteiger partial charge in [-0.25, -0.2) is 0 Å². The molecule has 4 nitrogen and oxygen atoms in total. The Morgan fingerprint density at radius 2 is 2.11 bits per heavy atom. The Morgan fingerprint density at radius 3 is 3.00 bits per heavy atom. The Morgan fingerprint density at radius 1 is 1.28 bits per heavy atom. The van der Waals surface area contributed by atoms with Crippen molar-refractivity contribution in [1.82, 2.24) is 0 Å². The van der Waals surface area contributed by atoms with Gasteiger partial charge in [0.1, 0.15) is 6.04 Å². The molecule has 2 aliphatic rings. The molecule has 1 aliphatic heterocycles. The van der Waals surface area contributed by atoms with Crippen molar-refractivity contribution in [3.05, 3.63) is 47.4 Å². The minimum Gasteiger partial charge on any atom is -0.504 e. The average Bonchev–Trinajstić information content (AvgIpc) is 2.36. The van der Waals surface area contributed by atoms with E-state index in [1.54, 1.807) is 6.20 Å². The maximum atomic E-state index is 11.7. The average molecular weight is 240 g/mol. The number of benzene rings is 1. The van der Waals surface area contributed by atoms with Crippen LogP contribution in [0.5, 0.6) is 0 Å². The second-order valence-electron chi connectivity index (χ2n) is 4.37. The number of hydrogen-bond donors (Lipinski definition) is 1. The van der Waals surface area contributed by atoms with Crippen LogP contribution in [0.1, 0.15) is 24.0 Å². The van der Waals surface area contributed by atoms with E-state index >= 15 is 0 Å². The molecule has 1 heterocycles. The normalized spacial score (nSPS) is 22.2. The molecule has 1 N–H and O–H groups in total. The third-order valence-corrected chi connectivity index (χ3v) is 3.28. The molecule has 1 unspecified atom stereocenters. The third kappa shape index (κ3) is 1.66. The number of azo groups is 1. The SMILES string of the molecule is O=C1CCC2N=NC=Cc3ccccc3C2=C1O. The molecule has 0 saturated carbocycles. The fourth-order valence-corrected chi connectivity index (χ4v) is 2.38. The van der Waals surface area contributed by atoms with Crippen LogP contribution in [-0.2, 0) is 4.79 Å². The van der Waals surface area contributed by atoms with E-state index in [-0.39, 0.29) is 17.6 Å². The molecule has 4 heteroatoms. The summed E-state index contributed by atoms with van der Waals surface area (Å²) in [6.07, 6.45) is 4.40. The molecule has 3 rings (SSSR count). The van der Waals surface area contributed by atoms with Crippen molar-refractivity contribution in [1.29, 1.82) is 0 Å². The second-order valence-corrected chi connectivity index (χ2v) is 4.37. The van der Waals surface area contributed by atoms with Crippen LogP contribution >= 0.6 is 0 Å². The number of aliphatic hydroxyl groups excluding tert-OH is 1. The quantitative estimate of drug-likeness (QED) is 0.757. The van der Waals surface area contributed by atoms with Gasteiger partial charge in [-0.05, 0) is 23.6 Å². The third-order valence-electron chi connectivity index (χ3n) is 3.28. The predicted molar refractivity (Wildman–Crippen MR) is 67.9 cm³/mol. The molecule has 18 heavy (non-hydrogen) atoms. The van der Waals surface area contributed by atoms with Gasteiger partial charge in [0, 0.05) is 18.2 Å². The summed E-state index contributed by atoms with van der Waals surface area (Å²) in [6.45, 7) is 0. The van der Waals surface area contributed by atoms with Crippen LogP contribution in [0.4, 0.5) is 0 Å². The van der Waals surface area contributed by atoms with E-state index in [1.807, 2.05) is 30.3 Å². The van der Waals surface area contributed by atoms with Crippen molar-refractivity contribution in [3.8, 4) is 0 Å². The summed E-state index contributed by atoms with van der Waals surface area (Å²) in [7, 11) is 0. The lowest BCUT2D eigenvalue weighted by molar-refractivity contribution is -0.118. The Labute approximate surface area is 104 Å². The van der Waals surface area contributed by atoms with Gasteiger partial charge in [-0.3, -0.25) is 4.79 Å². The zero-order chi connectivity index (χ0) is 12.5. The molecule has 0 spiro atoms. The Balaban J connectivity index is 2.28. The standard InChI is InChI=1S/C14H12N2O2/c17-12-6-5-11-13(14(12)18)10-4-2-1-3-9(10)7-8-15-16-11/h1-4,7-8,11,18H,5-6H2. The van der Waals surface area contributed by atoms with E-state index in [9.17, 15) is 9.90 Å². The van der Waals surface area contributed by atoms with Gasteiger partial charge in [-0.15, -0.1) is 0 Å². The molecular weight excluding hydrogens is 228 g/mol. The van der Waals surface area contributed by atoms with Crippen molar-refractivity contribution in [2.45, 2.75) is 18.9 Å². The maximum Gasteiger partial charge on any atom is 0.197 e. The van der Waals surface area contributed by atoms with Crippen LogP contribution in [-0.4, -0.2) is 16.9 Å². The lowest BCUT2D eigenvalue weighted by Gasteiger charge is -2.23. The molecular formula is C14H12N2O2. The first kappa shape index (κ1) is 10.9. The topological polar surface area (TPSA) is 62.0 Å². The van der Waals surface area contributed by atoms with Crippen LogP contribution in [0.25, 0.3) is 11.6 Å². The van der Waals surface area contributed by atoms with Gasteiger partial charge in [0.05, 0.1) is 0 Å². The Hall–Kier alpha value is -2.23. The molecule has 1 aliphatic carbocycles. The van der Waals surface area contributed by atoms with Gasteiger partial charge in [0.15, 0.2) is 11.5 Å². The largest absolute Gasteiger partial charge is 0.504 e. The Bertz CT molecular complexity index is 600. The monoisotopic (exact) mass is 240 g/mol. The lowest BCUT2D eigenvalue weighted by atomic mass is 9.85. The molecule has 0 aromatic heterocycles. The summed E-state index contributed by atoms with van der Waals surface area (Å²) in [6, 6.07) is 7.41. The number of rotatable bonds is 0. The first-order chi connectivity index (χ1) is 8.77. The van der Waals surface area contributed by atoms with Crippen molar-refractivity contribution >= 4 is 17.4 Å². The minimum absolute atomic E-state index is 0.159. The number of allylic oxidation sites excluding steroid dienone is 1. The van der Waals surface area contributed by atoms with Crippen LogP contribution in [0, 0.1) is 0 Å². The number of carbonyl (C=O) groups excluding carboxylic acids is 1. The highest BCUT2D eigenvalue weighted by atomic mass is 16.3. The van der Waals surface area contributed by atoms with Crippen LogP contribution < -0.4 is 0 Å². The summed E-state index contributed by atoms with van der Waals surface area (Å²) < 4.78 is 0. The number of carbonyl (C=O) groups is 1. The summed E-state index contributed by atoms with van der Waals surface area (Å²) in [4.78, 5) is 11.7. The highest BCUT2D eigenvalue weighted by molar-refractivity contribution is 6.03. The summed E-state index contributed by atoms with van der Waals surface area (Å²) in [5, 5.41) is 18.2. The number of ketones is 1. The molecule has 0 saturated heterocycles. The van der Waals surface area contributed by atoms with Gasteiger partial charge in [0.2, 0.25) is 0 Å². The summed E-state index contributed by atoms with van der Waals surface area (Å²) >= 11 is 0. The van der Waals surface area contributed by atoms with Crippen molar-refractivity contribution in [2.24, 2.45) is 10.2 Å². The number of hydrogen-bond acceptors (Lipinski definition) is 4. The fraction of sp³-hybridized carbons (Fsp3) is 0.214. The molecule has 1 aromatic rings. The lowest BCUT2D eigenvalue weighted by Crippen LogP contribution is -2.22. The first-order valence-electron chi connectivity index (χ1n) is 5.89. The Kier molecular flexibility index (Phi) is 2.55. The number of aliphatic hydroxyl groups is 1. The molecule has 1 aromatic carbocycles. The molecule has 1 atom stereocenters. The summed E-state index contributed by atoms with van der Waals surface area (Å²) in [5.74, 6) is -0.372. The van der Waals surface area contributed by atoms with Crippen LogP contribution in [0.2, 0.25) is 0 Å². The van der Waals surface area contributed by atoms with Gasteiger partial charge in [-0.2, -0.15) is 10.2 Å². The highest BCUT2D eigenvalue weighted by Gasteiger charge is 2.30. The van der Waals surface area contributed by atoms with Gasteiger partial charge in [0.25, 0.3) is 0 Å². The molecule has 0 amide bonds. The number of fused-ring (bicyclic) bond motifs is 3. The van der Waals surface area contributed by atoms with E-state index in [4.69, 9.17) is 0 Å². The van der Waals surface area contributed by atoms with E-state index < -0.39 is 0 Å². The summed E-state index contributed by atoms with van der Waals surface area (Å²) in [5.41, 5.74) is 2.41. The predicted octanol–water partition coefficient (Wildman–Crippen LogP) is 3.12. The van der Waals surface area contributed by atoms with E-state index in [2.05, 4.69) is 10.2 Å². The smallest absolute Gasteiger partial charge is 0.197 e. The van der Waals surface area contributed by atoms with E-state index in [0.717, 1.165) is 11.1 Å². The van der Waals surface area contributed by atoms with Gasteiger partial charge in [-0.1, -0.05) is 24.3 Å². The van der Waals surface area contributed by atoms with Crippen molar-refractivity contribution < 1.29 is 9.90 Å². The minimum atomic E-state index is -0.228. The molecule has 0 fully saturated rings. The van der Waals surface area contributed by atoms with Gasteiger partial charge < -0.3 is 5.11 Å². The fourth-order valence-electron chi connectivity index (χ4n) is 2.38. The zero-order valence-electron chi connectivity index (χ0n) is 9.71. The molecule has 90 valence electrons. The molecule has 0 radical (unpaired) electrons. The highest BCUT2D eigenvalue weighted by Crippen LogP contribution is 2.35. The van der Waals surface area contributed by atoms with Crippen molar-refractivity contribution in [3.63, 3.8) is 0 Å². The maximum absolute atomic E-state index is 11.7. The van der Waals surface area contributed by atoms with Gasteiger partial charge >= 0.3 is 0 Å². The second kappa shape index (κ2) is 4.22. The van der Waals surface area contributed by atoms with Crippen LogP contribution in [0.3, 0.4) is 0 Å². The van der Waals surface area contributed by atoms with E-state index in [1.165, 1.54) is 0 Å².